The molecule has 0 saturated heterocycles. The molecule has 0 aliphatic heterocycles. The molecular weight excluding hydrogens is 300 g/mol. The summed E-state index contributed by atoms with van der Waals surface area (Å²) in [6.07, 6.45) is 0. The van der Waals surface area contributed by atoms with Gasteiger partial charge in [0.2, 0.25) is 0 Å². The van der Waals surface area contributed by atoms with Crippen molar-refractivity contribution in [2.24, 2.45) is 0 Å². The summed E-state index contributed by atoms with van der Waals surface area (Å²) in [4.78, 5) is 12.4. The minimum absolute atomic E-state index is 0.228. The number of benzene rings is 2. The number of hydrogen-bond donors (Lipinski definition) is 1. The lowest BCUT2D eigenvalue weighted by atomic mass is 10.1. The Hall–Kier alpha value is -3.39. The summed E-state index contributed by atoms with van der Waals surface area (Å²) >= 11 is 0. The molecule has 0 bridgehead atoms. The number of nitriles is 1. The number of rotatable bonds is 4. The molecule has 3 rings (SSSR count). The maximum atomic E-state index is 12.4. The zero-order valence-electron chi connectivity index (χ0n) is 13.2. The maximum Gasteiger partial charge on any atom is 0.256 e. The van der Waals surface area contributed by atoms with Crippen LogP contribution >= 0.6 is 0 Å². The van der Waals surface area contributed by atoms with Crippen LogP contribution in [0.2, 0.25) is 0 Å². The average molecular weight is 316 g/mol. The number of nitrogens with one attached hydrogen (secondary N) is 1. The molecule has 1 amide bonds. The molecule has 1 aromatic heterocycles. The number of hydrogen-bond acceptors (Lipinski definition) is 3. The number of anilines is 1. The Bertz CT molecular complexity index is 889. The third kappa shape index (κ3) is 3.50. The lowest BCUT2D eigenvalue weighted by Crippen LogP contribution is -2.16. The van der Waals surface area contributed by atoms with Crippen LogP contribution < -0.4 is 5.32 Å². The van der Waals surface area contributed by atoms with Gasteiger partial charge in [0.15, 0.2) is 0 Å². The van der Waals surface area contributed by atoms with Crippen molar-refractivity contribution in [3.8, 4) is 6.07 Å². The van der Waals surface area contributed by atoms with E-state index in [1.54, 1.807) is 28.9 Å². The van der Waals surface area contributed by atoms with Crippen LogP contribution in [0.15, 0.2) is 60.7 Å². The number of nitrogens with zero attached hydrogens (tertiary/aromatic N) is 3. The van der Waals surface area contributed by atoms with Crippen molar-refractivity contribution >= 4 is 11.7 Å². The fourth-order valence-electron chi connectivity index (χ4n) is 2.41. The van der Waals surface area contributed by atoms with Crippen molar-refractivity contribution in [1.29, 1.82) is 5.26 Å². The number of amides is 1. The van der Waals surface area contributed by atoms with Crippen LogP contribution in [0.1, 0.15) is 27.2 Å². The summed E-state index contributed by atoms with van der Waals surface area (Å²) in [7, 11) is 0. The van der Waals surface area contributed by atoms with Gasteiger partial charge in [-0.05, 0) is 36.8 Å². The van der Waals surface area contributed by atoms with Crippen LogP contribution in [0.4, 0.5) is 5.82 Å². The number of carbonyl (C=O) groups is 1. The van der Waals surface area contributed by atoms with Gasteiger partial charge in [-0.25, -0.2) is 4.68 Å². The van der Waals surface area contributed by atoms with Gasteiger partial charge in [0, 0.05) is 11.6 Å². The SMILES string of the molecule is Cc1cc(NC(=O)c2ccc(C#N)cc2)n(Cc2ccccc2)n1. The Labute approximate surface area is 140 Å². The molecule has 0 fully saturated rings. The molecule has 118 valence electrons. The monoisotopic (exact) mass is 316 g/mol. The van der Waals surface area contributed by atoms with Gasteiger partial charge in [0.1, 0.15) is 5.82 Å². The van der Waals surface area contributed by atoms with Crippen molar-refractivity contribution in [3.63, 3.8) is 0 Å². The molecule has 5 heteroatoms. The van der Waals surface area contributed by atoms with Gasteiger partial charge < -0.3 is 5.32 Å². The van der Waals surface area contributed by atoms with Crippen LogP contribution in [0.5, 0.6) is 0 Å². The van der Waals surface area contributed by atoms with E-state index in [1.807, 2.05) is 49.4 Å². The first-order valence-corrected chi connectivity index (χ1v) is 7.55. The molecule has 0 saturated carbocycles. The van der Waals surface area contributed by atoms with E-state index >= 15 is 0 Å². The molecule has 1 heterocycles. The van der Waals surface area contributed by atoms with Gasteiger partial charge in [-0.3, -0.25) is 4.79 Å². The average Bonchev–Trinajstić information content (AvgIpc) is 2.95. The van der Waals surface area contributed by atoms with Gasteiger partial charge >= 0.3 is 0 Å². The van der Waals surface area contributed by atoms with E-state index in [1.165, 1.54) is 0 Å². The number of aromatic nitrogens is 2. The van der Waals surface area contributed by atoms with Crippen molar-refractivity contribution < 1.29 is 4.79 Å². The normalized spacial score (nSPS) is 10.2. The highest BCUT2D eigenvalue weighted by atomic mass is 16.1. The Balaban J connectivity index is 1.79. The highest BCUT2D eigenvalue weighted by Crippen LogP contribution is 2.15. The molecule has 0 aliphatic rings. The predicted octanol–water partition coefficient (Wildman–Crippen LogP) is 3.36. The molecule has 0 atom stereocenters. The van der Waals surface area contributed by atoms with Crippen molar-refractivity contribution in [3.05, 3.63) is 83.0 Å². The first-order valence-electron chi connectivity index (χ1n) is 7.55. The molecule has 3 aromatic rings. The summed E-state index contributed by atoms with van der Waals surface area (Å²) in [5, 5.41) is 16.1. The molecule has 5 nitrogen and oxygen atoms in total. The number of aryl methyl sites for hydroxylation is 1. The lowest BCUT2D eigenvalue weighted by molar-refractivity contribution is 0.102. The first-order chi connectivity index (χ1) is 11.7. The fourth-order valence-corrected chi connectivity index (χ4v) is 2.41. The van der Waals surface area contributed by atoms with E-state index < -0.39 is 0 Å². The van der Waals surface area contributed by atoms with Crippen LogP contribution in [0.25, 0.3) is 0 Å². The summed E-state index contributed by atoms with van der Waals surface area (Å²) in [5.41, 5.74) is 2.96. The molecule has 0 radical (unpaired) electrons. The minimum Gasteiger partial charge on any atom is -0.307 e. The zero-order chi connectivity index (χ0) is 16.9. The molecule has 24 heavy (non-hydrogen) atoms. The topological polar surface area (TPSA) is 70.7 Å². The van der Waals surface area contributed by atoms with E-state index in [2.05, 4.69) is 10.4 Å². The Morgan fingerprint density at radius 2 is 1.88 bits per heavy atom. The maximum absolute atomic E-state index is 12.4. The molecule has 0 aliphatic carbocycles. The summed E-state index contributed by atoms with van der Waals surface area (Å²) in [6.45, 7) is 2.47. The highest BCUT2D eigenvalue weighted by molar-refractivity contribution is 6.03. The first kappa shape index (κ1) is 15.5. The molecule has 2 aromatic carbocycles. The van der Waals surface area contributed by atoms with Crippen molar-refractivity contribution in [1.82, 2.24) is 9.78 Å². The lowest BCUT2D eigenvalue weighted by Gasteiger charge is -2.09. The smallest absolute Gasteiger partial charge is 0.256 e. The van der Waals surface area contributed by atoms with E-state index in [-0.39, 0.29) is 5.91 Å². The quantitative estimate of drug-likeness (QED) is 0.802. The Kier molecular flexibility index (Phi) is 4.39. The van der Waals surface area contributed by atoms with Gasteiger partial charge in [-0.15, -0.1) is 0 Å². The minimum atomic E-state index is -0.228. The Morgan fingerprint density at radius 1 is 1.17 bits per heavy atom. The second-order valence-corrected chi connectivity index (χ2v) is 5.46. The second kappa shape index (κ2) is 6.80. The molecule has 0 unspecified atom stereocenters. The van der Waals surface area contributed by atoms with Crippen LogP contribution in [-0.4, -0.2) is 15.7 Å². The van der Waals surface area contributed by atoms with E-state index in [4.69, 9.17) is 5.26 Å². The molecule has 1 N–H and O–H groups in total. The summed E-state index contributed by atoms with van der Waals surface area (Å²) in [5.74, 6) is 0.416. The van der Waals surface area contributed by atoms with Gasteiger partial charge in [-0.2, -0.15) is 10.4 Å². The van der Waals surface area contributed by atoms with Crippen molar-refractivity contribution in [2.75, 3.05) is 5.32 Å². The molecular formula is C19H16N4O. The van der Waals surface area contributed by atoms with Crippen LogP contribution in [0, 0.1) is 18.3 Å². The second-order valence-electron chi connectivity index (χ2n) is 5.46. The van der Waals surface area contributed by atoms with E-state index in [0.29, 0.717) is 23.5 Å². The Morgan fingerprint density at radius 3 is 2.54 bits per heavy atom. The largest absolute Gasteiger partial charge is 0.307 e. The third-order valence-corrected chi connectivity index (χ3v) is 3.60. The standard InChI is InChI=1S/C19H16N4O/c1-14-11-18(23(22-14)13-16-5-3-2-4-6-16)21-19(24)17-9-7-15(12-20)8-10-17/h2-11H,13H2,1H3,(H,21,24). The van der Waals surface area contributed by atoms with Gasteiger partial charge in [-0.1, -0.05) is 30.3 Å². The third-order valence-electron chi connectivity index (χ3n) is 3.60. The van der Waals surface area contributed by atoms with Gasteiger partial charge in [0.25, 0.3) is 5.91 Å². The van der Waals surface area contributed by atoms with Crippen molar-refractivity contribution in [2.45, 2.75) is 13.5 Å². The zero-order valence-corrected chi connectivity index (χ0v) is 13.2. The highest BCUT2D eigenvalue weighted by Gasteiger charge is 2.11. The van der Waals surface area contributed by atoms with Crippen LogP contribution in [-0.2, 0) is 6.54 Å². The molecule has 0 spiro atoms. The number of carbonyl (C=O) groups excluding carboxylic acids is 1. The van der Waals surface area contributed by atoms with Gasteiger partial charge in [0.05, 0.1) is 23.9 Å². The fraction of sp³-hybridized carbons (Fsp3) is 0.105. The van der Waals surface area contributed by atoms with E-state index in [9.17, 15) is 4.79 Å². The van der Waals surface area contributed by atoms with Crippen LogP contribution in [0.3, 0.4) is 0 Å². The summed E-state index contributed by atoms with van der Waals surface area (Å²) in [6, 6.07) is 20.3. The summed E-state index contributed by atoms with van der Waals surface area (Å²) < 4.78 is 1.77. The van der Waals surface area contributed by atoms with E-state index in [0.717, 1.165) is 11.3 Å². The predicted molar refractivity (Wildman–Crippen MR) is 91.6 cm³/mol.